The van der Waals surface area contributed by atoms with Crippen LogP contribution in [-0.2, 0) is 6.54 Å². The Bertz CT molecular complexity index is 1090. The number of rotatable bonds is 9. The van der Waals surface area contributed by atoms with Crippen molar-refractivity contribution in [1.82, 2.24) is 29.9 Å². The van der Waals surface area contributed by atoms with Gasteiger partial charge in [-0.25, -0.2) is 0 Å². The van der Waals surface area contributed by atoms with E-state index < -0.39 is 0 Å². The quantitative estimate of drug-likeness (QED) is 0.318. The molecule has 0 saturated heterocycles. The molecule has 2 atom stereocenters. The largest absolute Gasteiger partial charge is 0.419 e. The Kier molecular flexibility index (Phi) is 6.84. The predicted molar refractivity (Wildman–Crippen MR) is 124 cm³/mol. The Labute approximate surface area is 190 Å². The van der Waals surface area contributed by atoms with E-state index in [1.54, 1.807) is 23.1 Å². The average Bonchev–Trinajstić information content (AvgIpc) is 3.51. The van der Waals surface area contributed by atoms with E-state index in [9.17, 15) is 0 Å². The molecule has 0 unspecified atom stereocenters. The lowest BCUT2D eigenvalue weighted by Crippen LogP contribution is -2.23. The van der Waals surface area contributed by atoms with E-state index in [1.165, 1.54) is 5.56 Å². The van der Waals surface area contributed by atoms with Gasteiger partial charge in [0.2, 0.25) is 5.89 Å². The van der Waals surface area contributed by atoms with Crippen LogP contribution in [0.3, 0.4) is 0 Å². The van der Waals surface area contributed by atoms with Crippen LogP contribution in [0.2, 0.25) is 0 Å². The Morgan fingerprint density at radius 1 is 1.06 bits per heavy atom. The van der Waals surface area contributed by atoms with E-state index in [0.717, 1.165) is 22.3 Å². The highest BCUT2D eigenvalue weighted by Crippen LogP contribution is 2.36. The highest BCUT2D eigenvalue weighted by atomic mass is 32.2. The lowest BCUT2D eigenvalue weighted by Gasteiger charge is -2.23. The van der Waals surface area contributed by atoms with Crippen molar-refractivity contribution in [3.05, 3.63) is 65.1 Å². The molecule has 4 rings (SSSR count). The van der Waals surface area contributed by atoms with Crippen molar-refractivity contribution in [2.24, 2.45) is 0 Å². The second-order valence-electron chi connectivity index (χ2n) is 7.48. The van der Waals surface area contributed by atoms with E-state index in [4.69, 9.17) is 4.42 Å². The zero-order valence-electron chi connectivity index (χ0n) is 18.1. The third kappa shape index (κ3) is 4.89. The van der Waals surface area contributed by atoms with E-state index in [0.29, 0.717) is 18.3 Å². The molecule has 0 saturated carbocycles. The minimum absolute atomic E-state index is 0.0489. The summed E-state index contributed by atoms with van der Waals surface area (Å²) in [5, 5.41) is 20.4. The van der Waals surface area contributed by atoms with Gasteiger partial charge in [-0.15, -0.1) is 31.7 Å². The van der Waals surface area contributed by atoms with Crippen LogP contribution in [0, 0.1) is 0 Å². The van der Waals surface area contributed by atoms with Crippen LogP contribution in [0.15, 0.2) is 57.4 Å². The van der Waals surface area contributed by atoms with Gasteiger partial charge in [-0.3, -0.25) is 4.90 Å². The molecule has 0 spiro atoms. The molecule has 3 aromatic heterocycles. The van der Waals surface area contributed by atoms with Crippen molar-refractivity contribution in [1.29, 1.82) is 0 Å². The summed E-state index contributed by atoms with van der Waals surface area (Å²) in [6, 6.07) is 14.6. The van der Waals surface area contributed by atoms with Gasteiger partial charge in [0, 0.05) is 0 Å². The van der Waals surface area contributed by atoms with Crippen molar-refractivity contribution >= 4 is 23.1 Å². The smallest absolute Gasteiger partial charge is 0.257 e. The molecule has 0 aliphatic rings. The molecular formula is C22H26N6OS2. The number of thioether (sulfide) groups is 1. The molecule has 0 bridgehead atoms. The topological polar surface area (TPSA) is 72.9 Å². The molecule has 0 aliphatic heterocycles. The summed E-state index contributed by atoms with van der Waals surface area (Å²) < 4.78 is 8.15. The molecule has 9 heteroatoms. The molecule has 0 amide bonds. The van der Waals surface area contributed by atoms with Crippen molar-refractivity contribution in [2.75, 3.05) is 14.1 Å². The maximum Gasteiger partial charge on any atom is 0.257 e. The van der Waals surface area contributed by atoms with Crippen LogP contribution in [0.4, 0.5) is 0 Å². The van der Waals surface area contributed by atoms with Gasteiger partial charge in [0.05, 0.1) is 22.7 Å². The summed E-state index contributed by atoms with van der Waals surface area (Å²) in [5.74, 6) is 2.11. The molecule has 31 heavy (non-hydrogen) atoms. The van der Waals surface area contributed by atoms with Crippen LogP contribution < -0.4 is 0 Å². The highest BCUT2D eigenvalue weighted by molar-refractivity contribution is 7.99. The average molecular weight is 455 g/mol. The second-order valence-corrected chi connectivity index (χ2v) is 9.74. The van der Waals surface area contributed by atoms with Gasteiger partial charge in [0.15, 0.2) is 11.0 Å². The molecule has 3 heterocycles. The molecule has 1 aromatic carbocycles. The van der Waals surface area contributed by atoms with Crippen molar-refractivity contribution in [3.63, 3.8) is 0 Å². The summed E-state index contributed by atoms with van der Waals surface area (Å²) in [5.41, 5.74) is 1.21. The highest BCUT2D eigenvalue weighted by Gasteiger charge is 2.25. The van der Waals surface area contributed by atoms with E-state index >= 15 is 0 Å². The van der Waals surface area contributed by atoms with Gasteiger partial charge < -0.3 is 8.98 Å². The number of thiophene rings is 1. The first-order chi connectivity index (χ1) is 15.1. The molecule has 0 radical (unpaired) electrons. The van der Waals surface area contributed by atoms with Gasteiger partial charge >= 0.3 is 0 Å². The molecular weight excluding hydrogens is 428 g/mol. The third-order valence-electron chi connectivity index (χ3n) is 5.04. The summed E-state index contributed by atoms with van der Waals surface area (Å²) in [6.45, 7) is 4.94. The maximum absolute atomic E-state index is 5.94. The first-order valence-electron chi connectivity index (χ1n) is 10.2. The minimum Gasteiger partial charge on any atom is -0.419 e. The summed E-state index contributed by atoms with van der Waals surface area (Å²) >= 11 is 3.18. The molecule has 0 N–H and O–H groups in total. The first-order valence-corrected chi connectivity index (χ1v) is 12.0. The number of nitrogens with zero attached hydrogens (tertiary/aromatic N) is 6. The van der Waals surface area contributed by atoms with Crippen molar-refractivity contribution in [3.8, 4) is 10.8 Å². The SMILES string of the molecule is CC[C@@H](c1nnc(S[C@@H](C)c2nnc(-c3cccs3)o2)n1Cc1ccccc1)N(C)C. The van der Waals surface area contributed by atoms with Crippen LogP contribution in [-0.4, -0.2) is 44.0 Å². The van der Waals surface area contributed by atoms with E-state index in [-0.39, 0.29) is 11.3 Å². The lowest BCUT2D eigenvalue weighted by molar-refractivity contribution is 0.272. The van der Waals surface area contributed by atoms with Gasteiger partial charge in [-0.1, -0.05) is 55.1 Å². The monoisotopic (exact) mass is 454 g/mol. The van der Waals surface area contributed by atoms with Gasteiger partial charge in [-0.05, 0) is 44.4 Å². The molecule has 162 valence electrons. The zero-order chi connectivity index (χ0) is 21.8. The predicted octanol–water partition coefficient (Wildman–Crippen LogP) is 5.30. The fraction of sp³-hybridized carbons (Fsp3) is 0.364. The van der Waals surface area contributed by atoms with Crippen LogP contribution in [0.25, 0.3) is 10.8 Å². The summed E-state index contributed by atoms with van der Waals surface area (Å²) in [4.78, 5) is 3.16. The molecule has 0 aliphatic carbocycles. The van der Waals surface area contributed by atoms with Gasteiger partial charge in [-0.2, -0.15) is 0 Å². The number of hydrogen-bond donors (Lipinski definition) is 0. The number of aromatic nitrogens is 5. The zero-order valence-corrected chi connectivity index (χ0v) is 19.7. The van der Waals surface area contributed by atoms with E-state index in [2.05, 4.69) is 82.1 Å². The first kappa shape index (κ1) is 21.7. The van der Waals surface area contributed by atoms with E-state index in [1.807, 2.05) is 23.6 Å². The lowest BCUT2D eigenvalue weighted by atomic mass is 10.2. The Balaban J connectivity index is 1.62. The normalized spacial score (nSPS) is 13.6. The molecule has 7 nitrogen and oxygen atoms in total. The number of hydrogen-bond acceptors (Lipinski definition) is 8. The van der Waals surface area contributed by atoms with Gasteiger partial charge in [0.25, 0.3) is 5.89 Å². The summed E-state index contributed by atoms with van der Waals surface area (Å²) in [6.07, 6.45) is 0.952. The number of benzene rings is 1. The van der Waals surface area contributed by atoms with Crippen LogP contribution in [0.1, 0.15) is 48.8 Å². The maximum atomic E-state index is 5.94. The second kappa shape index (κ2) is 9.76. The molecule has 0 fully saturated rings. The van der Waals surface area contributed by atoms with Gasteiger partial charge in [0.1, 0.15) is 0 Å². The van der Waals surface area contributed by atoms with Crippen LogP contribution in [0.5, 0.6) is 0 Å². The van der Waals surface area contributed by atoms with Crippen molar-refractivity contribution in [2.45, 2.75) is 43.3 Å². The molecule has 4 aromatic rings. The Morgan fingerprint density at radius 2 is 1.87 bits per heavy atom. The van der Waals surface area contributed by atoms with Crippen LogP contribution >= 0.6 is 23.1 Å². The summed E-state index contributed by atoms with van der Waals surface area (Å²) in [7, 11) is 4.16. The standard InChI is InChI=1S/C22H26N6OS2/c1-5-17(27(3)4)19-23-26-22(28(19)14-16-10-7-6-8-11-16)31-15(2)20-24-25-21(29-20)18-12-9-13-30-18/h6-13,15,17H,5,14H2,1-4H3/t15-,17-/m0/s1. The fourth-order valence-electron chi connectivity index (χ4n) is 3.43. The minimum atomic E-state index is -0.0489. The Hall–Kier alpha value is -2.49. The Morgan fingerprint density at radius 3 is 2.55 bits per heavy atom. The third-order valence-corrected chi connectivity index (χ3v) is 6.97. The van der Waals surface area contributed by atoms with Crippen molar-refractivity contribution < 1.29 is 4.42 Å². The fourth-order valence-corrected chi connectivity index (χ4v) is 4.96.